The molecule has 5 heteroatoms. The van der Waals surface area contributed by atoms with Gasteiger partial charge in [-0.15, -0.1) is 0 Å². The first-order valence-electron chi connectivity index (χ1n) is 17.8. The van der Waals surface area contributed by atoms with Crippen molar-refractivity contribution in [3.8, 4) is 34.4 Å². The number of benzene rings is 6. The van der Waals surface area contributed by atoms with E-state index in [1.807, 2.05) is 42.5 Å². The number of aromatic nitrogens is 1. The van der Waals surface area contributed by atoms with Crippen molar-refractivity contribution in [2.45, 2.75) is 78.6 Å². The van der Waals surface area contributed by atoms with Crippen molar-refractivity contribution < 1.29 is 9.52 Å². The minimum Gasteiger partial charge on any atom is -0.507 e. The number of nitriles is 1. The van der Waals surface area contributed by atoms with E-state index in [9.17, 15) is 10.4 Å². The summed E-state index contributed by atoms with van der Waals surface area (Å²) in [6, 6.07) is 35.1. The van der Waals surface area contributed by atoms with Crippen molar-refractivity contribution in [2.24, 2.45) is 4.99 Å². The molecule has 1 N–H and O–H groups in total. The fraction of sp³-hybridized carbons (Fsp3) is 0.255. The third-order valence-corrected chi connectivity index (χ3v) is 9.92. The van der Waals surface area contributed by atoms with E-state index in [1.165, 1.54) is 0 Å². The average molecular weight is 684 g/mol. The third-order valence-electron chi connectivity index (χ3n) is 9.92. The van der Waals surface area contributed by atoms with Gasteiger partial charge in [0.2, 0.25) is 5.89 Å². The molecule has 0 aliphatic heterocycles. The SMILES string of the molecule is CC(C)(C)c1cc(C=Nc2c(-c3nc4c(-c5ccc6cc(C#N)ccc6c5)cc(C(C)(C)C)cc4o3)ccc3ccccc23)c(O)c(C(C)(C)C)c1. The van der Waals surface area contributed by atoms with Crippen LogP contribution in [0.4, 0.5) is 5.69 Å². The summed E-state index contributed by atoms with van der Waals surface area (Å²) < 4.78 is 6.69. The second-order valence-electron chi connectivity index (χ2n) is 16.9. The zero-order valence-corrected chi connectivity index (χ0v) is 31.5. The van der Waals surface area contributed by atoms with Crippen molar-refractivity contribution in [1.82, 2.24) is 4.98 Å². The monoisotopic (exact) mass is 683 g/mol. The van der Waals surface area contributed by atoms with E-state index in [4.69, 9.17) is 14.4 Å². The zero-order chi connectivity index (χ0) is 37.2. The molecule has 0 aliphatic rings. The number of oxazole rings is 1. The second kappa shape index (κ2) is 12.5. The van der Waals surface area contributed by atoms with Crippen LogP contribution in [0.5, 0.6) is 5.75 Å². The molecule has 0 fully saturated rings. The first-order chi connectivity index (χ1) is 24.5. The normalized spacial score (nSPS) is 12.7. The van der Waals surface area contributed by atoms with Gasteiger partial charge in [-0.2, -0.15) is 5.26 Å². The number of fused-ring (bicyclic) bond motifs is 3. The highest BCUT2D eigenvalue weighted by molar-refractivity contribution is 6.03. The molecule has 260 valence electrons. The van der Waals surface area contributed by atoms with Gasteiger partial charge in [0.05, 0.1) is 22.9 Å². The number of hydrogen-bond acceptors (Lipinski definition) is 5. The summed E-state index contributed by atoms with van der Waals surface area (Å²) in [5, 5.41) is 25.1. The second-order valence-corrected chi connectivity index (χ2v) is 16.9. The molecule has 0 unspecified atom stereocenters. The fourth-order valence-electron chi connectivity index (χ4n) is 6.74. The number of aromatic hydroxyl groups is 1. The Morgan fingerprint density at radius 1 is 0.692 bits per heavy atom. The van der Waals surface area contributed by atoms with Crippen LogP contribution in [0.3, 0.4) is 0 Å². The Kier molecular flexibility index (Phi) is 8.34. The number of nitrogens with zero attached hydrogens (tertiary/aromatic N) is 3. The van der Waals surface area contributed by atoms with Crippen LogP contribution in [0, 0.1) is 11.3 Å². The van der Waals surface area contributed by atoms with Gasteiger partial charge < -0.3 is 9.52 Å². The van der Waals surface area contributed by atoms with Gasteiger partial charge in [-0.3, -0.25) is 4.99 Å². The Hall–Kier alpha value is -5.73. The lowest BCUT2D eigenvalue weighted by molar-refractivity contribution is 0.444. The van der Waals surface area contributed by atoms with Gasteiger partial charge in [0.1, 0.15) is 11.3 Å². The van der Waals surface area contributed by atoms with Crippen molar-refractivity contribution in [2.75, 3.05) is 0 Å². The molecule has 1 heterocycles. The average Bonchev–Trinajstić information content (AvgIpc) is 3.53. The Morgan fingerprint density at radius 3 is 2.08 bits per heavy atom. The van der Waals surface area contributed by atoms with Crippen molar-refractivity contribution >= 4 is 44.5 Å². The smallest absolute Gasteiger partial charge is 0.229 e. The van der Waals surface area contributed by atoms with Crippen LogP contribution in [-0.4, -0.2) is 16.3 Å². The van der Waals surface area contributed by atoms with E-state index >= 15 is 0 Å². The van der Waals surface area contributed by atoms with E-state index < -0.39 is 0 Å². The standard InChI is InChI=1S/C47H45N3O2/c1-45(2,3)34-22-33(43(51)39(24-34)47(7,8)9)27-49-41-36-13-11-10-12-29(36)18-19-37(41)44-50-42-38(23-35(46(4,5)6)25-40(42)52-44)32-17-16-30-20-28(26-48)14-15-31(30)21-32/h10-25,27,51H,1-9H3. The number of aliphatic imine (C=N–C) groups is 1. The minimum absolute atomic E-state index is 0.118. The molecule has 5 nitrogen and oxygen atoms in total. The molecule has 0 amide bonds. The summed E-state index contributed by atoms with van der Waals surface area (Å²) in [6.45, 7) is 19.5. The minimum atomic E-state index is -0.259. The van der Waals surface area contributed by atoms with Crippen molar-refractivity contribution in [3.05, 3.63) is 125 Å². The van der Waals surface area contributed by atoms with Gasteiger partial charge in [-0.1, -0.05) is 117 Å². The summed E-state index contributed by atoms with van der Waals surface area (Å²) in [5.41, 5.74) is 8.91. The van der Waals surface area contributed by atoms with Gasteiger partial charge in [0, 0.05) is 28.3 Å². The van der Waals surface area contributed by atoms with Gasteiger partial charge in [-0.05, 0) is 91.6 Å². The van der Waals surface area contributed by atoms with Gasteiger partial charge in [0.25, 0.3) is 0 Å². The highest BCUT2D eigenvalue weighted by atomic mass is 16.3. The predicted octanol–water partition coefficient (Wildman–Crippen LogP) is 12.7. The molecule has 0 radical (unpaired) electrons. The summed E-state index contributed by atoms with van der Waals surface area (Å²) in [6.07, 6.45) is 1.78. The van der Waals surface area contributed by atoms with Gasteiger partial charge >= 0.3 is 0 Å². The summed E-state index contributed by atoms with van der Waals surface area (Å²) in [4.78, 5) is 10.3. The van der Waals surface area contributed by atoms with Crippen LogP contribution in [0.25, 0.3) is 55.2 Å². The quantitative estimate of drug-likeness (QED) is 0.187. The first kappa shape index (κ1) is 34.7. The molecular weight excluding hydrogens is 639 g/mol. The van der Waals surface area contributed by atoms with E-state index in [0.29, 0.717) is 22.6 Å². The molecular formula is C47H45N3O2. The summed E-state index contributed by atoms with van der Waals surface area (Å²) in [5.74, 6) is 0.717. The number of hydrogen-bond donors (Lipinski definition) is 1. The third kappa shape index (κ3) is 6.46. The van der Waals surface area contributed by atoms with Gasteiger partial charge in [0.15, 0.2) is 5.58 Å². The Balaban J connectivity index is 1.44. The molecule has 0 spiro atoms. The molecule has 7 rings (SSSR count). The molecule has 1 aromatic heterocycles. The molecule has 0 bridgehead atoms. The Bertz CT molecular complexity index is 2600. The summed E-state index contributed by atoms with van der Waals surface area (Å²) >= 11 is 0. The number of phenols is 1. The zero-order valence-electron chi connectivity index (χ0n) is 31.5. The largest absolute Gasteiger partial charge is 0.507 e. The lowest BCUT2D eigenvalue weighted by atomic mass is 9.79. The topological polar surface area (TPSA) is 82.4 Å². The van der Waals surface area contributed by atoms with Crippen LogP contribution in [0.15, 0.2) is 106 Å². The Labute approximate surface area is 306 Å². The van der Waals surface area contributed by atoms with Crippen molar-refractivity contribution in [1.29, 1.82) is 5.26 Å². The number of phenolic OH excluding ortho intramolecular Hbond substituents is 1. The molecule has 0 saturated heterocycles. The van der Waals surface area contributed by atoms with Crippen LogP contribution in [-0.2, 0) is 16.2 Å². The molecule has 52 heavy (non-hydrogen) atoms. The molecule has 0 saturated carbocycles. The fourth-order valence-corrected chi connectivity index (χ4v) is 6.74. The van der Waals surface area contributed by atoms with Crippen LogP contribution in [0.1, 0.15) is 90.1 Å². The van der Waals surface area contributed by atoms with E-state index in [0.717, 1.165) is 66.1 Å². The van der Waals surface area contributed by atoms with Crippen LogP contribution < -0.4 is 0 Å². The molecule has 6 aromatic carbocycles. The number of rotatable bonds is 4. The lowest BCUT2D eigenvalue weighted by Crippen LogP contribution is -2.17. The van der Waals surface area contributed by atoms with Gasteiger partial charge in [-0.25, -0.2) is 4.98 Å². The van der Waals surface area contributed by atoms with Crippen molar-refractivity contribution in [3.63, 3.8) is 0 Å². The lowest BCUT2D eigenvalue weighted by Gasteiger charge is -2.27. The maximum absolute atomic E-state index is 11.6. The first-order valence-corrected chi connectivity index (χ1v) is 17.8. The maximum Gasteiger partial charge on any atom is 0.229 e. The highest BCUT2D eigenvalue weighted by Gasteiger charge is 2.26. The maximum atomic E-state index is 11.6. The summed E-state index contributed by atoms with van der Waals surface area (Å²) in [7, 11) is 0. The Morgan fingerprint density at radius 2 is 1.37 bits per heavy atom. The van der Waals surface area contributed by atoms with E-state index in [2.05, 4.69) is 123 Å². The van der Waals surface area contributed by atoms with E-state index in [-0.39, 0.29) is 22.0 Å². The highest BCUT2D eigenvalue weighted by Crippen LogP contribution is 2.43. The predicted molar refractivity (Wildman–Crippen MR) is 216 cm³/mol. The molecule has 7 aromatic rings. The van der Waals surface area contributed by atoms with E-state index in [1.54, 1.807) is 6.21 Å². The van der Waals surface area contributed by atoms with Crippen LogP contribution >= 0.6 is 0 Å². The molecule has 0 aliphatic carbocycles. The molecule has 0 atom stereocenters. The van der Waals surface area contributed by atoms with Crippen LogP contribution in [0.2, 0.25) is 0 Å².